The molecule has 1 saturated heterocycles. The Morgan fingerprint density at radius 3 is 2.48 bits per heavy atom. The highest BCUT2D eigenvalue weighted by Crippen LogP contribution is 2.14. The van der Waals surface area contributed by atoms with Gasteiger partial charge in [0.2, 0.25) is 0 Å². The van der Waals surface area contributed by atoms with Gasteiger partial charge in [-0.05, 0) is 37.8 Å². The number of ether oxygens (including phenoxy) is 2. The van der Waals surface area contributed by atoms with E-state index in [1.807, 2.05) is 0 Å². The molecule has 1 aromatic carbocycles. The number of hydrogen-bond acceptors (Lipinski definition) is 3. The van der Waals surface area contributed by atoms with Crippen molar-refractivity contribution in [1.82, 2.24) is 10.6 Å². The smallest absolute Gasteiger partial charge is 0.191 e. The molecule has 0 bridgehead atoms. The van der Waals surface area contributed by atoms with Crippen molar-refractivity contribution in [2.24, 2.45) is 4.99 Å². The Morgan fingerprint density at radius 2 is 1.87 bits per heavy atom. The van der Waals surface area contributed by atoms with Crippen molar-refractivity contribution in [3.63, 3.8) is 0 Å². The van der Waals surface area contributed by atoms with Gasteiger partial charge in [0.25, 0.3) is 0 Å². The minimum atomic E-state index is 0.343. The highest BCUT2D eigenvalue weighted by Gasteiger charge is 2.13. The molecule has 0 spiro atoms. The second-order valence-electron chi connectivity index (χ2n) is 6.16. The average Bonchev–Trinajstić information content (AvgIpc) is 2.58. The maximum Gasteiger partial charge on any atom is 0.191 e. The summed E-state index contributed by atoms with van der Waals surface area (Å²) >= 11 is 0. The largest absolute Gasteiger partial charge is 0.381 e. The van der Waals surface area contributed by atoms with Crippen molar-refractivity contribution >= 4 is 5.96 Å². The van der Waals surface area contributed by atoms with Gasteiger partial charge >= 0.3 is 0 Å². The first kappa shape index (κ1) is 17.8. The molecule has 0 aromatic heterocycles. The summed E-state index contributed by atoms with van der Waals surface area (Å²) < 4.78 is 11.3. The predicted molar refractivity (Wildman–Crippen MR) is 93.5 cm³/mol. The number of hydrogen-bond donors (Lipinski definition) is 2. The highest BCUT2D eigenvalue weighted by molar-refractivity contribution is 5.79. The molecule has 0 radical (unpaired) electrons. The van der Waals surface area contributed by atoms with Crippen LogP contribution in [0.4, 0.5) is 0 Å². The number of rotatable bonds is 6. The summed E-state index contributed by atoms with van der Waals surface area (Å²) in [7, 11) is 1.79. The number of nitrogens with zero attached hydrogens (tertiary/aromatic N) is 1. The van der Waals surface area contributed by atoms with Gasteiger partial charge in [0.1, 0.15) is 0 Å². The third-order valence-electron chi connectivity index (χ3n) is 3.79. The maximum atomic E-state index is 5.94. The van der Waals surface area contributed by atoms with Crippen molar-refractivity contribution in [2.45, 2.75) is 52.0 Å². The van der Waals surface area contributed by atoms with E-state index in [-0.39, 0.29) is 0 Å². The maximum absolute atomic E-state index is 5.94. The Bertz CT molecular complexity index is 480. The summed E-state index contributed by atoms with van der Waals surface area (Å²) in [6.45, 7) is 7.27. The second kappa shape index (κ2) is 9.53. The van der Waals surface area contributed by atoms with Crippen LogP contribution in [0.1, 0.15) is 37.8 Å². The van der Waals surface area contributed by atoms with Gasteiger partial charge in [0.05, 0.1) is 12.7 Å². The predicted octanol–water partition coefficient (Wildman–Crippen LogP) is 2.46. The summed E-state index contributed by atoms with van der Waals surface area (Å²) in [6.07, 6.45) is 2.35. The van der Waals surface area contributed by atoms with Gasteiger partial charge in [-0.3, -0.25) is 4.99 Å². The minimum absolute atomic E-state index is 0.343. The summed E-state index contributed by atoms with van der Waals surface area (Å²) in [5.74, 6) is 0.826. The zero-order chi connectivity index (χ0) is 16.5. The Labute approximate surface area is 139 Å². The molecular weight excluding hydrogens is 290 g/mol. The molecule has 0 amide bonds. The molecule has 1 aliphatic rings. The number of guanidine groups is 1. The van der Waals surface area contributed by atoms with Crippen LogP contribution in [0.25, 0.3) is 0 Å². The minimum Gasteiger partial charge on any atom is -0.381 e. The molecule has 5 nitrogen and oxygen atoms in total. The topological polar surface area (TPSA) is 54.9 Å². The van der Waals surface area contributed by atoms with E-state index in [1.165, 1.54) is 11.1 Å². The zero-order valence-electron chi connectivity index (χ0n) is 14.5. The monoisotopic (exact) mass is 319 g/mol. The summed E-state index contributed by atoms with van der Waals surface area (Å²) in [5, 5.41) is 6.59. The van der Waals surface area contributed by atoms with Crippen LogP contribution in [0, 0.1) is 0 Å². The van der Waals surface area contributed by atoms with E-state index < -0.39 is 0 Å². The number of nitrogens with one attached hydrogen (secondary N) is 2. The van der Waals surface area contributed by atoms with Crippen LogP contribution in [-0.4, -0.2) is 38.4 Å². The van der Waals surface area contributed by atoms with Crippen molar-refractivity contribution in [2.75, 3.05) is 20.3 Å². The van der Waals surface area contributed by atoms with Crippen LogP contribution in [0.2, 0.25) is 0 Å². The lowest BCUT2D eigenvalue weighted by atomic mass is 10.1. The van der Waals surface area contributed by atoms with Crippen molar-refractivity contribution in [3.8, 4) is 0 Å². The number of benzene rings is 1. The molecule has 1 fully saturated rings. The molecule has 128 valence electrons. The molecule has 2 rings (SSSR count). The molecule has 0 saturated carbocycles. The lowest BCUT2D eigenvalue weighted by molar-refractivity contribution is -0.0390. The summed E-state index contributed by atoms with van der Waals surface area (Å²) in [4.78, 5) is 4.21. The van der Waals surface area contributed by atoms with Crippen LogP contribution in [0.15, 0.2) is 29.3 Å². The zero-order valence-corrected chi connectivity index (χ0v) is 14.5. The Kier molecular flexibility index (Phi) is 7.36. The van der Waals surface area contributed by atoms with Crippen molar-refractivity contribution in [3.05, 3.63) is 35.4 Å². The molecule has 0 aliphatic carbocycles. The SMILES string of the molecule is CN=C(NCc1ccc(COC2CCOCC2)cc1)NC(C)C. The van der Waals surface area contributed by atoms with Gasteiger partial charge in [-0.2, -0.15) is 0 Å². The number of aliphatic imine (C=N–C) groups is 1. The van der Waals surface area contributed by atoms with Crippen LogP contribution >= 0.6 is 0 Å². The third kappa shape index (κ3) is 6.59. The van der Waals surface area contributed by atoms with Crippen LogP contribution < -0.4 is 10.6 Å². The lowest BCUT2D eigenvalue weighted by Crippen LogP contribution is -2.40. The summed E-state index contributed by atoms with van der Waals surface area (Å²) in [5.41, 5.74) is 2.44. The van der Waals surface area contributed by atoms with E-state index in [9.17, 15) is 0 Å². The van der Waals surface area contributed by atoms with E-state index in [2.05, 4.69) is 53.7 Å². The Balaban J connectivity index is 1.75. The molecule has 2 N–H and O–H groups in total. The third-order valence-corrected chi connectivity index (χ3v) is 3.79. The van der Waals surface area contributed by atoms with Gasteiger partial charge in [0, 0.05) is 32.8 Å². The van der Waals surface area contributed by atoms with Gasteiger partial charge in [0.15, 0.2) is 5.96 Å². The van der Waals surface area contributed by atoms with Gasteiger partial charge in [-0.1, -0.05) is 24.3 Å². The van der Waals surface area contributed by atoms with E-state index in [0.717, 1.165) is 38.6 Å². The van der Waals surface area contributed by atoms with Gasteiger partial charge in [-0.15, -0.1) is 0 Å². The van der Waals surface area contributed by atoms with Crippen LogP contribution in [-0.2, 0) is 22.6 Å². The molecular formula is C18H29N3O2. The van der Waals surface area contributed by atoms with Crippen molar-refractivity contribution in [1.29, 1.82) is 0 Å². The second-order valence-corrected chi connectivity index (χ2v) is 6.16. The molecule has 0 unspecified atom stereocenters. The molecule has 1 heterocycles. The van der Waals surface area contributed by atoms with Gasteiger partial charge in [-0.25, -0.2) is 0 Å². The van der Waals surface area contributed by atoms with E-state index >= 15 is 0 Å². The Hall–Kier alpha value is -1.59. The van der Waals surface area contributed by atoms with E-state index in [1.54, 1.807) is 7.05 Å². The average molecular weight is 319 g/mol. The fourth-order valence-electron chi connectivity index (χ4n) is 2.46. The molecule has 23 heavy (non-hydrogen) atoms. The molecule has 0 atom stereocenters. The fourth-order valence-corrected chi connectivity index (χ4v) is 2.46. The molecule has 5 heteroatoms. The lowest BCUT2D eigenvalue weighted by Gasteiger charge is -2.22. The fraction of sp³-hybridized carbons (Fsp3) is 0.611. The van der Waals surface area contributed by atoms with E-state index in [0.29, 0.717) is 18.8 Å². The highest BCUT2D eigenvalue weighted by atomic mass is 16.5. The first-order valence-electron chi connectivity index (χ1n) is 8.41. The first-order chi connectivity index (χ1) is 11.2. The van der Waals surface area contributed by atoms with Crippen molar-refractivity contribution < 1.29 is 9.47 Å². The standard InChI is InChI=1S/C18H29N3O2/c1-14(2)21-18(19-3)20-12-15-4-6-16(7-5-15)13-23-17-8-10-22-11-9-17/h4-7,14,17H,8-13H2,1-3H3,(H2,19,20,21). The van der Waals surface area contributed by atoms with Gasteiger partial charge < -0.3 is 20.1 Å². The Morgan fingerprint density at radius 1 is 1.22 bits per heavy atom. The van der Waals surface area contributed by atoms with E-state index in [4.69, 9.17) is 9.47 Å². The van der Waals surface area contributed by atoms with Crippen LogP contribution in [0.3, 0.4) is 0 Å². The quantitative estimate of drug-likeness (QED) is 0.625. The molecule has 1 aliphatic heterocycles. The normalized spacial score (nSPS) is 16.6. The first-order valence-corrected chi connectivity index (χ1v) is 8.41. The summed E-state index contributed by atoms with van der Waals surface area (Å²) in [6, 6.07) is 8.91. The molecule has 1 aromatic rings. The van der Waals surface area contributed by atoms with Crippen LogP contribution in [0.5, 0.6) is 0 Å².